The molecule has 0 saturated carbocycles. The van der Waals surface area contributed by atoms with Gasteiger partial charge in [-0.2, -0.15) is 0 Å². The molecule has 0 aromatic heterocycles. The van der Waals surface area contributed by atoms with Crippen LogP contribution in [0.2, 0.25) is 0 Å². The summed E-state index contributed by atoms with van der Waals surface area (Å²) < 4.78 is 7.00. The number of ether oxygens (including phenoxy) is 1. The Morgan fingerprint density at radius 2 is 0.633 bits per heavy atom. The summed E-state index contributed by atoms with van der Waals surface area (Å²) in [4.78, 5) is 2.33. The van der Waals surface area contributed by atoms with Crippen LogP contribution >= 0.6 is 0 Å². The standard InChI is InChI=1S/C58H39NO/c1-4-12-40(13-5-1)42-20-22-44(23-21-42)45-28-31-51(32-29-45)59(50-18-8-3-9-19-50)52-33-35-57-56(39-52)55-37-48-17-11-10-16-47(48)36-54(55)53-34-30-49(38-58(53)60-57)46-26-24-43(25-27-46)41-14-6-2-7-15-41/h1-39H. The number of para-hydroxylation sites is 1. The van der Waals surface area contributed by atoms with Crippen LogP contribution in [0.1, 0.15) is 0 Å². The summed E-state index contributed by atoms with van der Waals surface area (Å²) in [5.74, 6) is 1.67. The second-order valence-electron chi connectivity index (χ2n) is 15.3. The van der Waals surface area contributed by atoms with E-state index in [0.717, 1.165) is 61.9 Å². The molecule has 0 fully saturated rings. The summed E-state index contributed by atoms with van der Waals surface area (Å²) in [6.45, 7) is 0. The van der Waals surface area contributed by atoms with Gasteiger partial charge >= 0.3 is 0 Å². The maximum absolute atomic E-state index is 7.00. The van der Waals surface area contributed by atoms with Crippen LogP contribution in [-0.2, 0) is 0 Å². The van der Waals surface area contributed by atoms with E-state index >= 15 is 0 Å². The van der Waals surface area contributed by atoms with Crippen LogP contribution in [0.3, 0.4) is 0 Å². The molecule has 282 valence electrons. The lowest BCUT2D eigenvalue weighted by atomic mass is 9.90. The van der Waals surface area contributed by atoms with E-state index in [1.165, 1.54) is 44.2 Å². The highest BCUT2D eigenvalue weighted by Crippen LogP contribution is 2.51. The highest BCUT2D eigenvalue weighted by atomic mass is 16.5. The van der Waals surface area contributed by atoms with Crippen LogP contribution in [0.5, 0.6) is 11.5 Å². The smallest absolute Gasteiger partial charge is 0.135 e. The van der Waals surface area contributed by atoms with E-state index in [4.69, 9.17) is 4.74 Å². The number of rotatable bonds is 7. The highest BCUT2D eigenvalue weighted by Gasteiger charge is 2.24. The first-order valence-corrected chi connectivity index (χ1v) is 20.5. The van der Waals surface area contributed by atoms with Gasteiger partial charge in [-0.1, -0.05) is 170 Å². The molecule has 0 bridgehead atoms. The molecule has 0 amide bonds. The Kier molecular flexibility index (Phi) is 8.87. The molecule has 0 saturated heterocycles. The van der Waals surface area contributed by atoms with Crippen molar-refractivity contribution in [3.05, 3.63) is 237 Å². The van der Waals surface area contributed by atoms with Crippen molar-refractivity contribution in [2.24, 2.45) is 0 Å². The fourth-order valence-corrected chi connectivity index (χ4v) is 8.57. The quantitative estimate of drug-likeness (QED) is 0.160. The summed E-state index contributed by atoms with van der Waals surface area (Å²) >= 11 is 0. The van der Waals surface area contributed by atoms with Gasteiger partial charge in [0.2, 0.25) is 0 Å². The summed E-state index contributed by atoms with van der Waals surface area (Å²) in [6, 6.07) is 84.7. The number of hydrogen-bond acceptors (Lipinski definition) is 2. The molecule has 60 heavy (non-hydrogen) atoms. The first-order valence-electron chi connectivity index (χ1n) is 20.5. The molecule has 10 aromatic carbocycles. The third kappa shape index (κ3) is 6.61. The van der Waals surface area contributed by atoms with Crippen LogP contribution in [0.15, 0.2) is 237 Å². The molecule has 10 aromatic rings. The minimum atomic E-state index is 0.827. The van der Waals surface area contributed by atoms with E-state index in [1.54, 1.807) is 0 Å². The third-order valence-corrected chi connectivity index (χ3v) is 11.7. The third-order valence-electron chi connectivity index (χ3n) is 11.7. The van der Waals surface area contributed by atoms with Crippen molar-refractivity contribution < 1.29 is 4.74 Å². The molecule has 2 heteroatoms. The van der Waals surface area contributed by atoms with Crippen molar-refractivity contribution in [2.75, 3.05) is 4.90 Å². The Bertz CT molecular complexity index is 3120. The van der Waals surface area contributed by atoms with Gasteiger partial charge in [0.05, 0.1) is 0 Å². The zero-order valence-corrected chi connectivity index (χ0v) is 32.9. The Hall–Kier alpha value is -7.94. The molecule has 0 spiro atoms. The van der Waals surface area contributed by atoms with Gasteiger partial charge in [0.1, 0.15) is 11.5 Å². The van der Waals surface area contributed by atoms with Crippen molar-refractivity contribution >= 4 is 27.8 Å². The van der Waals surface area contributed by atoms with Gasteiger partial charge in [0.15, 0.2) is 0 Å². The minimum absolute atomic E-state index is 0.827. The zero-order valence-electron chi connectivity index (χ0n) is 32.9. The summed E-state index contributed by atoms with van der Waals surface area (Å²) in [7, 11) is 0. The largest absolute Gasteiger partial charge is 0.456 e. The Balaban J connectivity index is 0.990. The zero-order chi connectivity index (χ0) is 39.8. The van der Waals surface area contributed by atoms with Crippen LogP contribution in [-0.4, -0.2) is 0 Å². The van der Waals surface area contributed by atoms with Crippen molar-refractivity contribution in [3.63, 3.8) is 0 Å². The molecule has 0 radical (unpaired) electrons. The number of hydrogen-bond donors (Lipinski definition) is 0. The Morgan fingerprint density at radius 3 is 1.18 bits per heavy atom. The Morgan fingerprint density at radius 1 is 0.233 bits per heavy atom. The maximum Gasteiger partial charge on any atom is 0.135 e. The molecule has 0 N–H and O–H groups in total. The van der Waals surface area contributed by atoms with Crippen LogP contribution < -0.4 is 9.64 Å². The molecule has 11 rings (SSSR count). The first-order chi connectivity index (χ1) is 29.7. The predicted octanol–water partition coefficient (Wildman–Crippen LogP) is 16.4. The van der Waals surface area contributed by atoms with E-state index in [-0.39, 0.29) is 0 Å². The fraction of sp³-hybridized carbons (Fsp3) is 0. The second-order valence-corrected chi connectivity index (χ2v) is 15.3. The summed E-state index contributed by atoms with van der Waals surface area (Å²) in [6.07, 6.45) is 0. The van der Waals surface area contributed by atoms with Crippen LogP contribution in [0, 0.1) is 0 Å². The lowest BCUT2D eigenvalue weighted by Crippen LogP contribution is -2.10. The average molecular weight is 766 g/mol. The van der Waals surface area contributed by atoms with Crippen LogP contribution in [0.4, 0.5) is 17.1 Å². The molecule has 2 nitrogen and oxygen atoms in total. The lowest BCUT2D eigenvalue weighted by Gasteiger charge is -2.26. The SMILES string of the molecule is c1ccc(-c2ccc(-c3ccc(N(c4ccccc4)c4ccc5c(c4)-c4cc6ccccc6cc4-c4ccc(-c6ccc(-c7ccccc7)cc6)cc4O5)cc3)cc2)cc1. The molecule has 1 aliphatic heterocycles. The predicted molar refractivity (Wildman–Crippen MR) is 251 cm³/mol. The van der Waals surface area contributed by atoms with Gasteiger partial charge in [-0.05, 0) is 133 Å². The van der Waals surface area contributed by atoms with Gasteiger partial charge in [0, 0.05) is 28.2 Å². The number of nitrogens with zero attached hydrogens (tertiary/aromatic N) is 1. The van der Waals surface area contributed by atoms with Crippen molar-refractivity contribution in [1.29, 1.82) is 0 Å². The summed E-state index contributed by atoms with van der Waals surface area (Å²) in [5, 5.41) is 2.39. The van der Waals surface area contributed by atoms with Crippen molar-refractivity contribution in [1.82, 2.24) is 0 Å². The van der Waals surface area contributed by atoms with Crippen molar-refractivity contribution in [2.45, 2.75) is 0 Å². The highest BCUT2D eigenvalue weighted by molar-refractivity contribution is 6.01. The van der Waals surface area contributed by atoms with Gasteiger partial charge in [-0.15, -0.1) is 0 Å². The monoisotopic (exact) mass is 765 g/mol. The molecular formula is C58H39NO. The van der Waals surface area contributed by atoms with Crippen molar-refractivity contribution in [3.8, 4) is 78.3 Å². The van der Waals surface area contributed by atoms with E-state index in [9.17, 15) is 0 Å². The fourth-order valence-electron chi connectivity index (χ4n) is 8.57. The summed E-state index contributed by atoms with van der Waals surface area (Å²) in [5.41, 5.74) is 17.1. The van der Waals surface area contributed by atoms with Gasteiger partial charge in [0.25, 0.3) is 0 Å². The minimum Gasteiger partial charge on any atom is -0.456 e. The molecule has 0 aliphatic carbocycles. The molecule has 0 unspecified atom stereocenters. The topological polar surface area (TPSA) is 12.5 Å². The van der Waals surface area contributed by atoms with Gasteiger partial charge < -0.3 is 9.64 Å². The molecule has 0 atom stereocenters. The van der Waals surface area contributed by atoms with E-state index < -0.39 is 0 Å². The molecular weight excluding hydrogens is 727 g/mol. The molecule has 1 heterocycles. The van der Waals surface area contributed by atoms with Crippen LogP contribution in [0.25, 0.3) is 77.5 Å². The normalized spacial score (nSPS) is 11.5. The average Bonchev–Trinajstić information content (AvgIpc) is 3.45. The van der Waals surface area contributed by atoms with E-state index in [1.807, 2.05) is 0 Å². The van der Waals surface area contributed by atoms with Gasteiger partial charge in [-0.3, -0.25) is 0 Å². The second kappa shape index (κ2) is 15.1. The number of fused-ring (bicyclic) bond motifs is 6. The van der Waals surface area contributed by atoms with Gasteiger partial charge in [-0.25, -0.2) is 0 Å². The maximum atomic E-state index is 7.00. The lowest BCUT2D eigenvalue weighted by molar-refractivity contribution is 0.488. The first kappa shape index (κ1) is 35.2. The number of benzene rings is 10. The molecule has 1 aliphatic rings. The van der Waals surface area contributed by atoms with E-state index in [2.05, 4.69) is 241 Å². The number of anilines is 3. The Labute approximate surface area is 350 Å². The van der Waals surface area contributed by atoms with E-state index in [0.29, 0.717) is 0 Å².